The smallest absolute Gasteiger partial charge is 0.253 e. The molecule has 36 heavy (non-hydrogen) atoms. The molecule has 6 nitrogen and oxygen atoms in total. The molecule has 0 bridgehead atoms. The number of pyridine rings is 1. The number of benzene rings is 1. The second-order valence-electron chi connectivity index (χ2n) is 10.5. The lowest BCUT2D eigenvalue weighted by atomic mass is 9.75. The molecule has 0 radical (unpaired) electrons. The number of rotatable bonds is 5. The monoisotopic (exact) mass is 503 g/mol. The van der Waals surface area contributed by atoms with E-state index in [1.54, 1.807) is 16.2 Å². The zero-order chi connectivity index (χ0) is 25.4. The molecule has 1 saturated heterocycles. The summed E-state index contributed by atoms with van der Waals surface area (Å²) in [4.78, 5) is 35.5. The Bertz CT molecular complexity index is 1310. The molecule has 0 saturated carbocycles. The fraction of sp³-hybridized carbons (Fsp3) is 0.414. The Morgan fingerprint density at radius 3 is 2.67 bits per heavy atom. The first-order valence-corrected chi connectivity index (χ1v) is 13.4. The van der Waals surface area contributed by atoms with Crippen LogP contribution in [0.2, 0.25) is 0 Å². The van der Waals surface area contributed by atoms with Crippen LogP contribution in [0.3, 0.4) is 0 Å². The summed E-state index contributed by atoms with van der Waals surface area (Å²) in [6.45, 7) is 9.99. The SMILES string of the molecule is CCN(C)C(=O)c1cccc(-c2cc(-c3c(N4CCOCC4)sc4c3CC(C)(C)CC4=O)ccn2)c1. The minimum absolute atomic E-state index is 0.00208. The van der Waals surface area contributed by atoms with E-state index >= 15 is 0 Å². The molecule has 1 fully saturated rings. The van der Waals surface area contributed by atoms with Gasteiger partial charge in [-0.3, -0.25) is 14.6 Å². The number of ketones is 1. The summed E-state index contributed by atoms with van der Waals surface area (Å²) in [6, 6.07) is 11.8. The van der Waals surface area contributed by atoms with Crippen molar-refractivity contribution in [3.05, 3.63) is 58.6 Å². The Morgan fingerprint density at radius 1 is 1.14 bits per heavy atom. The van der Waals surface area contributed by atoms with Gasteiger partial charge in [-0.1, -0.05) is 26.0 Å². The van der Waals surface area contributed by atoms with E-state index in [4.69, 9.17) is 4.74 Å². The van der Waals surface area contributed by atoms with Crippen molar-refractivity contribution in [1.29, 1.82) is 0 Å². The predicted octanol–water partition coefficient (Wildman–Crippen LogP) is 5.56. The summed E-state index contributed by atoms with van der Waals surface area (Å²) < 4.78 is 5.61. The number of amides is 1. The molecule has 3 heterocycles. The first kappa shape index (κ1) is 24.7. The van der Waals surface area contributed by atoms with Gasteiger partial charge < -0.3 is 14.5 Å². The van der Waals surface area contributed by atoms with Crippen LogP contribution in [0, 0.1) is 5.41 Å². The second kappa shape index (κ2) is 9.79. The largest absolute Gasteiger partial charge is 0.378 e. The third-order valence-electron chi connectivity index (χ3n) is 7.11. The van der Waals surface area contributed by atoms with Crippen LogP contribution in [0.4, 0.5) is 5.00 Å². The number of anilines is 1. The second-order valence-corrected chi connectivity index (χ2v) is 11.5. The number of hydrogen-bond donors (Lipinski definition) is 0. The van der Waals surface area contributed by atoms with Crippen LogP contribution < -0.4 is 4.90 Å². The summed E-state index contributed by atoms with van der Waals surface area (Å²) in [5.74, 6) is 0.241. The molecule has 1 amide bonds. The van der Waals surface area contributed by atoms with Crippen LogP contribution in [0.15, 0.2) is 42.6 Å². The fourth-order valence-electron chi connectivity index (χ4n) is 5.11. The van der Waals surface area contributed by atoms with Crippen molar-refractivity contribution in [3.63, 3.8) is 0 Å². The molecule has 7 heteroatoms. The zero-order valence-electron chi connectivity index (χ0n) is 21.5. The van der Waals surface area contributed by atoms with Crippen molar-refractivity contribution in [1.82, 2.24) is 9.88 Å². The van der Waals surface area contributed by atoms with Gasteiger partial charge in [0.2, 0.25) is 0 Å². The molecule has 0 unspecified atom stereocenters. The number of carbonyl (C=O) groups is 2. The van der Waals surface area contributed by atoms with Gasteiger partial charge in [0, 0.05) is 56.0 Å². The van der Waals surface area contributed by atoms with Crippen molar-refractivity contribution in [2.24, 2.45) is 5.41 Å². The highest BCUT2D eigenvalue weighted by Crippen LogP contribution is 2.49. The van der Waals surface area contributed by atoms with E-state index in [1.165, 1.54) is 0 Å². The molecule has 0 N–H and O–H groups in total. The van der Waals surface area contributed by atoms with E-state index in [1.807, 2.05) is 50.5 Å². The van der Waals surface area contributed by atoms with Gasteiger partial charge in [0.25, 0.3) is 5.91 Å². The lowest BCUT2D eigenvalue weighted by molar-refractivity contribution is 0.0802. The Hall–Kier alpha value is -3.03. The Kier molecular flexibility index (Phi) is 6.70. The van der Waals surface area contributed by atoms with E-state index in [2.05, 4.69) is 29.8 Å². The molecule has 0 atom stereocenters. The van der Waals surface area contributed by atoms with Crippen LogP contribution in [-0.2, 0) is 11.2 Å². The highest BCUT2D eigenvalue weighted by atomic mass is 32.1. The molecule has 1 aromatic carbocycles. The fourth-order valence-corrected chi connectivity index (χ4v) is 6.44. The molecule has 188 valence electrons. The Balaban J connectivity index is 1.61. The molecular formula is C29H33N3O3S. The van der Waals surface area contributed by atoms with E-state index < -0.39 is 0 Å². The van der Waals surface area contributed by atoms with Crippen LogP contribution in [-0.4, -0.2) is 61.5 Å². The molecular weight excluding hydrogens is 470 g/mol. The summed E-state index contributed by atoms with van der Waals surface area (Å²) in [7, 11) is 1.81. The average Bonchev–Trinajstić information content (AvgIpc) is 3.27. The number of carbonyl (C=O) groups excluding carboxylic acids is 2. The van der Waals surface area contributed by atoms with E-state index in [0.717, 1.165) is 57.3 Å². The van der Waals surface area contributed by atoms with Crippen molar-refractivity contribution in [2.45, 2.75) is 33.6 Å². The summed E-state index contributed by atoms with van der Waals surface area (Å²) in [5, 5.41) is 1.15. The zero-order valence-corrected chi connectivity index (χ0v) is 22.3. The minimum atomic E-state index is -0.0714. The van der Waals surface area contributed by atoms with Crippen LogP contribution in [0.5, 0.6) is 0 Å². The summed E-state index contributed by atoms with van der Waals surface area (Å²) in [5.41, 5.74) is 5.67. The van der Waals surface area contributed by atoms with Gasteiger partial charge in [-0.2, -0.15) is 0 Å². The highest BCUT2D eigenvalue weighted by molar-refractivity contribution is 7.19. The van der Waals surface area contributed by atoms with Gasteiger partial charge in [0.1, 0.15) is 0 Å². The first-order chi connectivity index (χ1) is 17.3. The first-order valence-electron chi connectivity index (χ1n) is 12.6. The van der Waals surface area contributed by atoms with Gasteiger partial charge in [0.15, 0.2) is 5.78 Å². The molecule has 5 rings (SSSR count). The molecule has 2 aromatic heterocycles. The highest BCUT2D eigenvalue weighted by Gasteiger charge is 2.37. The summed E-state index contributed by atoms with van der Waals surface area (Å²) in [6.07, 6.45) is 3.28. The minimum Gasteiger partial charge on any atom is -0.378 e. The van der Waals surface area contributed by atoms with Crippen molar-refractivity contribution in [2.75, 3.05) is 44.8 Å². The number of morpholine rings is 1. The third kappa shape index (κ3) is 4.70. The number of hydrogen-bond acceptors (Lipinski definition) is 6. The van der Waals surface area contributed by atoms with Gasteiger partial charge in [-0.05, 0) is 54.2 Å². The molecule has 0 spiro atoms. The van der Waals surface area contributed by atoms with Crippen molar-refractivity contribution >= 4 is 28.0 Å². The maximum Gasteiger partial charge on any atom is 0.253 e. The van der Waals surface area contributed by atoms with E-state index in [0.29, 0.717) is 31.7 Å². The standard InChI is InChI=1S/C29H33N3O3S/c1-5-31(4)27(34)21-8-6-7-19(15-21)23-16-20(9-10-30-23)25-22-17-29(2,3)18-24(33)26(22)36-28(25)32-11-13-35-14-12-32/h6-10,15-16H,5,11-14,17-18H2,1-4H3. The Labute approximate surface area is 216 Å². The lowest BCUT2D eigenvalue weighted by Gasteiger charge is -2.30. The van der Waals surface area contributed by atoms with Crippen molar-refractivity contribution < 1.29 is 14.3 Å². The lowest BCUT2D eigenvalue weighted by Crippen LogP contribution is -2.36. The average molecular weight is 504 g/mol. The maximum atomic E-state index is 13.2. The van der Waals surface area contributed by atoms with Gasteiger partial charge >= 0.3 is 0 Å². The molecule has 3 aromatic rings. The Morgan fingerprint density at radius 2 is 1.92 bits per heavy atom. The van der Waals surface area contributed by atoms with Crippen LogP contribution >= 0.6 is 11.3 Å². The predicted molar refractivity (Wildman–Crippen MR) is 145 cm³/mol. The number of thiophene rings is 1. The molecule has 1 aliphatic carbocycles. The van der Waals surface area contributed by atoms with Crippen LogP contribution in [0.25, 0.3) is 22.4 Å². The normalized spacial score (nSPS) is 17.1. The third-order valence-corrected chi connectivity index (χ3v) is 8.44. The number of nitrogens with zero attached hydrogens (tertiary/aromatic N) is 3. The quantitative estimate of drug-likeness (QED) is 0.456. The number of aromatic nitrogens is 1. The number of Topliss-reactive ketones (excluding diaryl/α,β-unsaturated/α-hetero) is 1. The van der Waals surface area contributed by atoms with Crippen molar-refractivity contribution in [3.8, 4) is 22.4 Å². The number of ether oxygens (including phenoxy) is 1. The number of fused-ring (bicyclic) bond motifs is 1. The molecule has 1 aliphatic heterocycles. The van der Waals surface area contributed by atoms with Gasteiger partial charge in [0.05, 0.1) is 28.8 Å². The topological polar surface area (TPSA) is 62.7 Å². The van der Waals surface area contributed by atoms with Crippen LogP contribution in [0.1, 0.15) is 52.8 Å². The summed E-state index contributed by atoms with van der Waals surface area (Å²) >= 11 is 1.64. The van der Waals surface area contributed by atoms with E-state index in [9.17, 15) is 9.59 Å². The maximum absolute atomic E-state index is 13.2. The molecule has 2 aliphatic rings. The van der Waals surface area contributed by atoms with E-state index in [-0.39, 0.29) is 17.1 Å². The van der Waals surface area contributed by atoms with Gasteiger partial charge in [-0.25, -0.2) is 0 Å². The van der Waals surface area contributed by atoms with Gasteiger partial charge in [-0.15, -0.1) is 11.3 Å².